The second-order valence-electron chi connectivity index (χ2n) is 4.55. The standard InChI is InChI=1S/C16H17NO3/c1-4-13-11(16(18)19)6-7-14(17-13)12-9-10(2)5-8-15(12)20-3/h5-9H,4H2,1-3H3,(H,18,19). The smallest absolute Gasteiger partial charge is 0.337 e. The number of carboxylic acids is 1. The van der Waals surface area contributed by atoms with Crippen molar-refractivity contribution in [3.05, 3.63) is 47.2 Å². The van der Waals surface area contributed by atoms with E-state index in [2.05, 4.69) is 4.98 Å². The van der Waals surface area contributed by atoms with Crippen molar-refractivity contribution in [3.8, 4) is 17.0 Å². The summed E-state index contributed by atoms with van der Waals surface area (Å²) in [5.74, 6) is -0.217. The second-order valence-corrected chi connectivity index (χ2v) is 4.55. The summed E-state index contributed by atoms with van der Waals surface area (Å²) >= 11 is 0. The second kappa shape index (κ2) is 5.74. The van der Waals surface area contributed by atoms with Crippen LogP contribution < -0.4 is 4.74 Å². The SMILES string of the molecule is CCc1nc(-c2cc(C)ccc2OC)ccc1C(=O)O. The Hall–Kier alpha value is -2.36. The number of aryl methyl sites for hydroxylation is 2. The largest absolute Gasteiger partial charge is 0.496 e. The Morgan fingerprint density at radius 3 is 2.65 bits per heavy atom. The molecule has 1 aromatic heterocycles. The topological polar surface area (TPSA) is 59.4 Å². The van der Waals surface area contributed by atoms with E-state index in [1.807, 2.05) is 32.0 Å². The van der Waals surface area contributed by atoms with E-state index in [4.69, 9.17) is 9.84 Å². The third-order valence-corrected chi connectivity index (χ3v) is 3.17. The molecule has 0 bridgehead atoms. The van der Waals surface area contributed by atoms with E-state index in [9.17, 15) is 4.79 Å². The number of aromatic nitrogens is 1. The molecule has 0 unspecified atom stereocenters. The first-order valence-corrected chi connectivity index (χ1v) is 6.45. The number of hydrogen-bond acceptors (Lipinski definition) is 3. The molecule has 0 saturated carbocycles. The summed E-state index contributed by atoms with van der Waals surface area (Å²) in [7, 11) is 1.61. The third kappa shape index (κ3) is 2.64. The molecule has 0 saturated heterocycles. The lowest BCUT2D eigenvalue weighted by Crippen LogP contribution is -2.05. The van der Waals surface area contributed by atoms with Gasteiger partial charge in [-0.15, -0.1) is 0 Å². The summed E-state index contributed by atoms with van der Waals surface area (Å²) in [5, 5.41) is 9.14. The number of aromatic carboxylic acids is 1. The summed E-state index contributed by atoms with van der Waals surface area (Å²) in [6.07, 6.45) is 0.573. The van der Waals surface area contributed by atoms with Gasteiger partial charge in [0.05, 0.1) is 24.1 Å². The molecule has 0 radical (unpaired) electrons. The molecular formula is C16H17NO3. The van der Waals surface area contributed by atoms with Crippen molar-refractivity contribution in [2.45, 2.75) is 20.3 Å². The van der Waals surface area contributed by atoms with Crippen molar-refractivity contribution in [1.29, 1.82) is 0 Å². The molecule has 4 heteroatoms. The highest BCUT2D eigenvalue weighted by Gasteiger charge is 2.14. The minimum absolute atomic E-state index is 0.253. The number of rotatable bonds is 4. The van der Waals surface area contributed by atoms with Crippen LogP contribution in [0, 0.1) is 6.92 Å². The molecule has 1 aromatic carbocycles. The van der Waals surface area contributed by atoms with Gasteiger partial charge < -0.3 is 9.84 Å². The van der Waals surface area contributed by atoms with Gasteiger partial charge in [0.2, 0.25) is 0 Å². The molecule has 0 aliphatic heterocycles. The number of nitrogens with zero attached hydrogens (tertiary/aromatic N) is 1. The first-order chi connectivity index (χ1) is 9.56. The van der Waals surface area contributed by atoms with Gasteiger partial charge in [0.15, 0.2) is 0 Å². The summed E-state index contributed by atoms with van der Waals surface area (Å²) in [6.45, 7) is 3.89. The zero-order valence-corrected chi connectivity index (χ0v) is 11.8. The number of hydrogen-bond donors (Lipinski definition) is 1. The number of carbonyl (C=O) groups is 1. The fourth-order valence-corrected chi connectivity index (χ4v) is 2.14. The minimum Gasteiger partial charge on any atom is -0.496 e. The summed E-state index contributed by atoms with van der Waals surface area (Å²) in [4.78, 5) is 15.6. The van der Waals surface area contributed by atoms with Crippen LogP contribution in [0.1, 0.15) is 28.5 Å². The fraction of sp³-hybridized carbons (Fsp3) is 0.250. The molecule has 20 heavy (non-hydrogen) atoms. The lowest BCUT2D eigenvalue weighted by Gasteiger charge is -2.11. The Balaban J connectivity index is 2.59. The van der Waals surface area contributed by atoms with Gasteiger partial charge in [-0.25, -0.2) is 4.79 Å². The molecular weight excluding hydrogens is 254 g/mol. The van der Waals surface area contributed by atoms with Gasteiger partial charge in [-0.3, -0.25) is 4.98 Å². The van der Waals surface area contributed by atoms with Gasteiger partial charge in [-0.05, 0) is 37.6 Å². The molecule has 0 fully saturated rings. The number of methoxy groups -OCH3 is 1. The summed E-state index contributed by atoms with van der Waals surface area (Å²) < 4.78 is 5.35. The zero-order chi connectivity index (χ0) is 14.7. The Morgan fingerprint density at radius 2 is 2.05 bits per heavy atom. The minimum atomic E-state index is -0.947. The Morgan fingerprint density at radius 1 is 1.30 bits per heavy atom. The molecule has 0 atom stereocenters. The van der Waals surface area contributed by atoms with Crippen molar-refractivity contribution in [2.24, 2.45) is 0 Å². The van der Waals surface area contributed by atoms with Crippen LogP contribution in [0.2, 0.25) is 0 Å². The lowest BCUT2D eigenvalue weighted by molar-refractivity contribution is 0.0695. The van der Waals surface area contributed by atoms with E-state index in [-0.39, 0.29) is 5.56 Å². The van der Waals surface area contributed by atoms with Crippen LogP contribution >= 0.6 is 0 Å². The van der Waals surface area contributed by atoms with E-state index in [1.165, 1.54) is 0 Å². The first-order valence-electron chi connectivity index (χ1n) is 6.45. The molecule has 4 nitrogen and oxygen atoms in total. The van der Waals surface area contributed by atoms with Gasteiger partial charge in [0.25, 0.3) is 0 Å². The van der Waals surface area contributed by atoms with Crippen molar-refractivity contribution in [3.63, 3.8) is 0 Å². The quantitative estimate of drug-likeness (QED) is 0.926. The average molecular weight is 271 g/mol. The monoisotopic (exact) mass is 271 g/mol. The lowest BCUT2D eigenvalue weighted by atomic mass is 10.0. The van der Waals surface area contributed by atoms with Crippen LogP contribution in [-0.2, 0) is 6.42 Å². The molecule has 0 spiro atoms. The predicted molar refractivity (Wildman–Crippen MR) is 77.3 cm³/mol. The first kappa shape index (κ1) is 14.1. The van der Waals surface area contributed by atoms with Gasteiger partial charge in [-0.1, -0.05) is 18.6 Å². The van der Waals surface area contributed by atoms with E-state index >= 15 is 0 Å². The Kier molecular flexibility index (Phi) is 4.03. The number of pyridine rings is 1. The highest BCUT2D eigenvalue weighted by Crippen LogP contribution is 2.30. The van der Waals surface area contributed by atoms with Crippen molar-refractivity contribution in [2.75, 3.05) is 7.11 Å². The average Bonchev–Trinajstić information content (AvgIpc) is 2.46. The van der Waals surface area contributed by atoms with Crippen molar-refractivity contribution < 1.29 is 14.6 Å². The Labute approximate surface area is 118 Å². The van der Waals surface area contributed by atoms with Gasteiger partial charge in [-0.2, -0.15) is 0 Å². The maximum Gasteiger partial charge on any atom is 0.337 e. The summed E-state index contributed by atoms with van der Waals surface area (Å²) in [5.41, 5.74) is 3.54. The maximum absolute atomic E-state index is 11.1. The number of carboxylic acid groups (broad SMARTS) is 1. The van der Waals surface area contributed by atoms with Crippen molar-refractivity contribution >= 4 is 5.97 Å². The van der Waals surface area contributed by atoms with E-state index in [0.29, 0.717) is 12.1 Å². The van der Waals surface area contributed by atoms with Gasteiger partial charge in [0.1, 0.15) is 5.75 Å². The normalized spacial score (nSPS) is 10.3. The van der Waals surface area contributed by atoms with Crippen molar-refractivity contribution in [1.82, 2.24) is 4.98 Å². The predicted octanol–water partition coefficient (Wildman–Crippen LogP) is 3.33. The summed E-state index contributed by atoms with van der Waals surface area (Å²) in [6, 6.07) is 9.17. The van der Waals surface area contributed by atoms with E-state index < -0.39 is 5.97 Å². The molecule has 1 N–H and O–H groups in total. The van der Waals surface area contributed by atoms with E-state index in [1.54, 1.807) is 19.2 Å². The molecule has 1 heterocycles. The molecule has 104 valence electrons. The molecule has 2 rings (SSSR count). The zero-order valence-electron chi connectivity index (χ0n) is 11.8. The molecule has 0 aliphatic carbocycles. The van der Waals surface area contributed by atoms with Crippen LogP contribution in [0.25, 0.3) is 11.3 Å². The van der Waals surface area contributed by atoms with Gasteiger partial charge >= 0.3 is 5.97 Å². The van der Waals surface area contributed by atoms with Crippen LogP contribution in [0.4, 0.5) is 0 Å². The van der Waals surface area contributed by atoms with Crippen LogP contribution in [0.5, 0.6) is 5.75 Å². The van der Waals surface area contributed by atoms with Crippen LogP contribution in [-0.4, -0.2) is 23.2 Å². The highest BCUT2D eigenvalue weighted by molar-refractivity contribution is 5.89. The molecule has 0 aliphatic rings. The van der Waals surface area contributed by atoms with Gasteiger partial charge in [0, 0.05) is 5.56 Å². The number of ether oxygens (including phenoxy) is 1. The fourth-order valence-electron chi connectivity index (χ4n) is 2.14. The molecule has 0 amide bonds. The Bertz CT molecular complexity index is 650. The van der Waals surface area contributed by atoms with Crippen LogP contribution in [0.3, 0.4) is 0 Å². The van der Waals surface area contributed by atoms with E-state index in [0.717, 1.165) is 22.6 Å². The highest BCUT2D eigenvalue weighted by atomic mass is 16.5. The maximum atomic E-state index is 11.1. The molecule has 2 aromatic rings. The number of benzene rings is 1. The van der Waals surface area contributed by atoms with Crippen LogP contribution in [0.15, 0.2) is 30.3 Å². The third-order valence-electron chi connectivity index (χ3n) is 3.17.